The van der Waals surface area contributed by atoms with E-state index in [4.69, 9.17) is 9.47 Å². The van der Waals surface area contributed by atoms with Crippen LogP contribution in [0.2, 0.25) is 0 Å². The van der Waals surface area contributed by atoms with Gasteiger partial charge in [0.25, 0.3) is 5.91 Å². The van der Waals surface area contributed by atoms with Crippen molar-refractivity contribution >= 4 is 17.5 Å². The Bertz CT molecular complexity index is 900. The molecule has 2 aromatic carbocycles. The van der Waals surface area contributed by atoms with E-state index in [1.54, 1.807) is 38.5 Å². The largest absolute Gasteiger partial charge is 0.497 e. The Labute approximate surface area is 177 Å². The lowest BCUT2D eigenvalue weighted by atomic mass is 10.0. The SMILES string of the molecule is CCNC(=O)c1cccc(NC(=O)CN2CCCC2c2ccc(OC)cc2OC)c1. The molecule has 0 radical (unpaired) electrons. The number of ether oxygens (including phenoxy) is 2. The number of benzene rings is 2. The third kappa shape index (κ3) is 5.10. The maximum Gasteiger partial charge on any atom is 0.251 e. The molecule has 2 amide bonds. The fourth-order valence-electron chi connectivity index (χ4n) is 3.85. The molecule has 3 rings (SSSR count). The summed E-state index contributed by atoms with van der Waals surface area (Å²) in [6.45, 7) is 3.53. The van der Waals surface area contributed by atoms with Crippen LogP contribution in [0.4, 0.5) is 5.69 Å². The summed E-state index contributed by atoms with van der Waals surface area (Å²) in [5.41, 5.74) is 2.19. The van der Waals surface area contributed by atoms with E-state index in [1.165, 1.54) is 0 Å². The topological polar surface area (TPSA) is 79.9 Å². The van der Waals surface area contributed by atoms with Gasteiger partial charge in [0.2, 0.25) is 5.91 Å². The van der Waals surface area contributed by atoms with Crippen molar-refractivity contribution in [2.24, 2.45) is 0 Å². The highest BCUT2D eigenvalue weighted by atomic mass is 16.5. The van der Waals surface area contributed by atoms with Crippen molar-refractivity contribution in [1.29, 1.82) is 0 Å². The number of rotatable bonds is 8. The van der Waals surface area contributed by atoms with Crippen LogP contribution < -0.4 is 20.1 Å². The minimum atomic E-state index is -0.153. The Kier molecular flexibility index (Phi) is 7.30. The number of hydrogen-bond acceptors (Lipinski definition) is 5. The van der Waals surface area contributed by atoms with Gasteiger partial charge in [-0.25, -0.2) is 0 Å². The molecule has 1 heterocycles. The molecule has 1 saturated heterocycles. The number of carbonyl (C=O) groups is 2. The molecule has 7 nitrogen and oxygen atoms in total. The van der Waals surface area contributed by atoms with Gasteiger partial charge in [-0.3, -0.25) is 14.5 Å². The molecular formula is C23H29N3O4. The van der Waals surface area contributed by atoms with Gasteiger partial charge >= 0.3 is 0 Å². The van der Waals surface area contributed by atoms with Crippen molar-refractivity contribution < 1.29 is 19.1 Å². The summed E-state index contributed by atoms with van der Waals surface area (Å²) < 4.78 is 10.8. The van der Waals surface area contributed by atoms with Crippen molar-refractivity contribution in [2.75, 3.05) is 39.2 Å². The van der Waals surface area contributed by atoms with Crippen LogP contribution in [0.3, 0.4) is 0 Å². The fraction of sp³-hybridized carbons (Fsp3) is 0.391. The van der Waals surface area contributed by atoms with Crippen molar-refractivity contribution in [3.63, 3.8) is 0 Å². The number of nitrogens with zero attached hydrogens (tertiary/aromatic N) is 1. The highest BCUT2D eigenvalue weighted by Crippen LogP contribution is 2.38. The highest BCUT2D eigenvalue weighted by molar-refractivity contribution is 5.97. The second kappa shape index (κ2) is 10.1. The monoisotopic (exact) mass is 411 g/mol. The van der Waals surface area contributed by atoms with Crippen molar-refractivity contribution in [2.45, 2.75) is 25.8 Å². The van der Waals surface area contributed by atoms with Crippen molar-refractivity contribution in [3.8, 4) is 11.5 Å². The number of nitrogens with one attached hydrogen (secondary N) is 2. The van der Waals surface area contributed by atoms with Gasteiger partial charge in [-0.05, 0) is 50.6 Å². The first-order valence-electron chi connectivity index (χ1n) is 10.2. The molecule has 0 aliphatic carbocycles. The Hall–Kier alpha value is -3.06. The zero-order valence-corrected chi connectivity index (χ0v) is 17.7. The molecule has 0 saturated carbocycles. The smallest absolute Gasteiger partial charge is 0.251 e. The van der Waals surface area contributed by atoms with E-state index < -0.39 is 0 Å². The second-order valence-corrected chi connectivity index (χ2v) is 7.22. The number of amides is 2. The summed E-state index contributed by atoms with van der Waals surface area (Å²) >= 11 is 0. The normalized spacial score (nSPS) is 16.2. The summed E-state index contributed by atoms with van der Waals surface area (Å²) in [6.07, 6.45) is 1.97. The third-order valence-corrected chi connectivity index (χ3v) is 5.26. The Morgan fingerprint density at radius 3 is 2.70 bits per heavy atom. The Morgan fingerprint density at radius 2 is 1.97 bits per heavy atom. The van der Waals surface area contributed by atoms with Crippen LogP contribution in [-0.2, 0) is 4.79 Å². The van der Waals surface area contributed by atoms with Gasteiger partial charge in [-0.2, -0.15) is 0 Å². The minimum absolute atomic E-state index is 0.109. The predicted octanol–water partition coefficient (Wildman–Crippen LogP) is 3.23. The third-order valence-electron chi connectivity index (χ3n) is 5.26. The zero-order chi connectivity index (χ0) is 21.5. The first-order valence-corrected chi connectivity index (χ1v) is 10.2. The molecule has 0 aromatic heterocycles. The molecule has 7 heteroatoms. The second-order valence-electron chi connectivity index (χ2n) is 7.22. The molecule has 160 valence electrons. The van der Waals surface area contributed by atoms with E-state index in [0.29, 0.717) is 17.8 Å². The van der Waals surface area contributed by atoms with E-state index in [0.717, 1.165) is 36.4 Å². The van der Waals surface area contributed by atoms with Crippen LogP contribution in [0.5, 0.6) is 11.5 Å². The first-order chi connectivity index (χ1) is 14.5. The number of methoxy groups -OCH3 is 2. The van der Waals surface area contributed by atoms with Gasteiger partial charge in [-0.1, -0.05) is 12.1 Å². The summed E-state index contributed by atoms with van der Waals surface area (Å²) in [5.74, 6) is 1.24. The maximum absolute atomic E-state index is 12.7. The molecule has 1 aliphatic heterocycles. The summed E-state index contributed by atoms with van der Waals surface area (Å²) in [4.78, 5) is 26.9. The van der Waals surface area contributed by atoms with E-state index in [9.17, 15) is 9.59 Å². The standard InChI is InChI=1S/C23H29N3O4/c1-4-24-23(28)16-7-5-8-17(13-16)25-22(27)15-26-12-6-9-20(26)19-11-10-18(29-2)14-21(19)30-3/h5,7-8,10-11,13-14,20H,4,6,9,12,15H2,1-3H3,(H,24,28)(H,25,27). The Balaban J connectivity index is 1.68. The van der Waals surface area contributed by atoms with Gasteiger partial charge < -0.3 is 20.1 Å². The average molecular weight is 412 g/mol. The quantitative estimate of drug-likeness (QED) is 0.697. The maximum atomic E-state index is 12.7. The van der Waals surface area contributed by atoms with Crippen LogP contribution >= 0.6 is 0 Å². The molecule has 1 fully saturated rings. The molecule has 2 aromatic rings. The van der Waals surface area contributed by atoms with Crippen LogP contribution in [0.15, 0.2) is 42.5 Å². The van der Waals surface area contributed by atoms with Crippen LogP contribution in [0.25, 0.3) is 0 Å². The molecular weight excluding hydrogens is 382 g/mol. The predicted molar refractivity (Wildman–Crippen MR) is 116 cm³/mol. The highest BCUT2D eigenvalue weighted by Gasteiger charge is 2.30. The first kappa shape index (κ1) is 21.6. The summed E-state index contributed by atoms with van der Waals surface area (Å²) in [6, 6.07) is 12.9. The molecule has 1 atom stereocenters. The van der Waals surface area contributed by atoms with Crippen molar-refractivity contribution in [3.05, 3.63) is 53.6 Å². The van der Waals surface area contributed by atoms with Crippen LogP contribution in [0, 0.1) is 0 Å². The fourth-order valence-corrected chi connectivity index (χ4v) is 3.85. The minimum Gasteiger partial charge on any atom is -0.497 e. The van der Waals surface area contributed by atoms with E-state index in [-0.39, 0.29) is 24.4 Å². The van der Waals surface area contributed by atoms with Gasteiger partial charge in [0.1, 0.15) is 11.5 Å². The molecule has 1 unspecified atom stereocenters. The number of carbonyl (C=O) groups excluding carboxylic acids is 2. The average Bonchev–Trinajstić information content (AvgIpc) is 3.21. The lowest BCUT2D eigenvalue weighted by Gasteiger charge is -2.26. The summed E-state index contributed by atoms with van der Waals surface area (Å²) in [7, 11) is 3.27. The zero-order valence-electron chi connectivity index (χ0n) is 17.7. The summed E-state index contributed by atoms with van der Waals surface area (Å²) in [5, 5.41) is 5.68. The van der Waals surface area contributed by atoms with Crippen molar-refractivity contribution in [1.82, 2.24) is 10.2 Å². The van der Waals surface area contributed by atoms with Gasteiger partial charge in [-0.15, -0.1) is 0 Å². The lowest BCUT2D eigenvalue weighted by molar-refractivity contribution is -0.117. The molecule has 30 heavy (non-hydrogen) atoms. The van der Waals surface area contributed by atoms with Gasteiger partial charge in [0.15, 0.2) is 0 Å². The molecule has 1 aliphatic rings. The Morgan fingerprint density at radius 1 is 1.13 bits per heavy atom. The molecule has 0 spiro atoms. The van der Waals surface area contributed by atoms with Crippen LogP contribution in [-0.4, -0.2) is 50.6 Å². The van der Waals surface area contributed by atoms with E-state index in [2.05, 4.69) is 15.5 Å². The number of hydrogen-bond donors (Lipinski definition) is 2. The van der Waals surface area contributed by atoms with Gasteiger partial charge in [0, 0.05) is 35.5 Å². The number of anilines is 1. The lowest BCUT2D eigenvalue weighted by Crippen LogP contribution is -2.33. The van der Waals surface area contributed by atoms with E-state index in [1.807, 2.05) is 25.1 Å². The van der Waals surface area contributed by atoms with E-state index >= 15 is 0 Å². The van der Waals surface area contributed by atoms with Gasteiger partial charge in [0.05, 0.1) is 20.8 Å². The van der Waals surface area contributed by atoms with Crippen LogP contribution in [0.1, 0.15) is 41.7 Å². The molecule has 0 bridgehead atoms. The number of likely N-dealkylation sites (tertiary alicyclic amines) is 1. The molecule has 2 N–H and O–H groups in total.